The van der Waals surface area contributed by atoms with E-state index in [1.807, 2.05) is 0 Å². The van der Waals surface area contributed by atoms with Gasteiger partial charge in [-0.1, -0.05) is 15.9 Å². The van der Waals surface area contributed by atoms with Crippen molar-refractivity contribution in [1.29, 1.82) is 0 Å². The summed E-state index contributed by atoms with van der Waals surface area (Å²) in [5.41, 5.74) is 0.00167. The molecular weight excluding hydrogens is 327 g/mol. The molecule has 2 amide bonds. The number of halogens is 2. The van der Waals surface area contributed by atoms with E-state index in [0.717, 1.165) is 12.8 Å². The third-order valence-corrected chi connectivity index (χ3v) is 3.47. The second kappa shape index (κ2) is 6.83. The van der Waals surface area contributed by atoms with Gasteiger partial charge in [-0.15, -0.1) is 0 Å². The van der Waals surface area contributed by atoms with Crippen molar-refractivity contribution in [1.82, 2.24) is 10.6 Å². The van der Waals surface area contributed by atoms with E-state index in [1.54, 1.807) is 0 Å². The summed E-state index contributed by atoms with van der Waals surface area (Å²) in [6, 6.07) is 4.56. The smallest absolute Gasteiger partial charge is 0.254 e. The van der Waals surface area contributed by atoms with Gasteiger partial charge in [-0.25, -0.2) is 4.39 Å². The fraction of sp³-hybridized carbons (Fsp3) is 0.429. The largest absolute Gasteiger partial charge is 0.353 e. The second-order valence-corrected chi connectivity index (χ2v) is 5.74. The maximum absolute atomic E-state index is 13.5. The summed E-state index contributed by atoms with van der Waals surface area (Å²) >= 11 is 3.19. The molecule has 0 heterocycles. The number of carbonyl (C=O) groups is 2. The standard InChI is InChI=1S/C14H16BrFN2O2/c15-9-3-6-12(16)11(8-9)14(20)17-7-1-2-13(19)18-10-4-5-10/h3,6,8,10H,1-2,4-5,7H2,(H,17,20)(H,18,19). The minimum absolute atomic E-state index is 0.00167. The molecule has 1 aliphatic rings. The van der Waals surface area contributed by atoms with Gasteiger partial charge in [0.2, 0.25) is 5.91 Å². The second-order valence-electron chi connectivity index (χ2n) is 4.83. The van der Waals surface area contributed by atoms with E-state index in [1.165, 1.54) is 18.2 Å². The number of rotatable bonds is 6. The van der Waals surface area contributed by atoms with Crippen LogP contribution in [0.5, 0.6) is 0 Å². The van der Waals surface area contributed by atoms with Crippen molar-refractivity contribution in [3.8, 4) is 0 Å². The molecule has 6 heteroatoms. The Morgan fingerprint density at radius 1 is 1.35 bits per heavy atom. The first-order valence-electron chi connectivity index (χ1n) is 6.59. The number of benzene rings is 1. The molecule has 0 spiro atoms. The monoisotopic (exact) mass is 342 g/mol. The molecule has 108 valence electrons. The summed E-state index contributed by atoms with van der Waals surface area (Å²) in [6.07, 6.45) is 3.03. The van der Waals surface area contributed by atoms with Gasteiger partial charge in [0, 0.05) is 23.5 Å². The predicted molar refractivity (Wildman–Crippen MR) is 76.8 cm³/mol. The average molecular weight is 343 g/mol. The zero-order chi connectivity index (χ0) is 14.5. The molecular formula is C14H16BrFN2O2. The first-order valence-corrected chi connectivity index (χ1v) is 7.38. The first kappa shape index (κ1) is 15.0. The molecule has 2 rings (SSSR count). The maximum Gasteiger partial charge on any atom is 0.254 e. The molecule has 20 heavy (non-hydrogen) atoms. The molecule has 4 nitrogen and oxygen atoms in total. The van der Waals surface area contributed by atoms with Gasteiger partial charge in [-0.2, -0.15) is 0 Å². The molecule has 2 N–H and O–H groups in total. The number of hydrogen-bond donors (Lipinski definition) is 2. The van der Waals surface area contributed by atoms with Crippen molar-refractivity contribution in [2.75, 3.05) is 6.54 Å². The fourth-order valence-corrected chi connectivity index (χ4v) is 2.11. The Bertz CT molecular complexity index is 518. The van der Waals surface area contributed by atoms with E-state index in [0.29, 0.717) is 29.9 Å². The molecule has 0 atom stereocenters. The minimum Gasteiger partial charge on any atom is -0.353 e. The molecule has 1 fully saturated rings. The highest BCUT2D eigenvalue weighted by atomic mass is 79.9. The molecule has 0 saturated heterocycles. The van der Waals surface area contributed by atoms with E-state index in [-0.39, 0.29) is 11.5 Å². The molecule has 0 aromatic heterocycles. The Labute approximate surface area is 125 Å². The predicted octanol–water partition coefficient (Wildman–Crippen LogP) is 2.38. The summed E-state index contributed by atoms with van der Waals surface area (Å²) in [6.45, 7) is 0.350. The number of nitrogens with one attached hydrogen (secondary N) is 2. The van der Waals surface area contributed by atoms with Gasteiger partial charge in [0.1, 0.15) is 5.82 Å². The highest BCUT2D eigenvalue weighted by Crippen LogP contribution is 2.18. The Morgan fingerprint density at radius 3 is 2.80 bits per heavy atom. The first-order chi connectivity index (χ1) is 9.56. The van der Waals surface area contributed by atoms with Crippen molar-refractivity contribution in [2.24, 2.45) is 0 Å². The molecule has 1 aromatic carbocycles. The van der Waals surface area contributed by atoms with Crippen molar-refractivity contribution in [2.45, 2.75) is 31.7 Å². The van der Waals surface area contributed by atoms with E-state index in [2.05, 4.69) is 26.6 Å². The van der Waals surface area contributed by atoms with Crippen molar-refractivity contribution >= 4 is 27.7 Å². The molecule has 0 unspecified atom stereocenters. The summed E-state index contributed by atoms with van der Waals surface area (Å²) in [5.74, 6) is -1.01. The topological polar surface area (TPSA) is 58.2 Å². The Kier molecular flexibility index (Phi) is 5.11. The van der Waals surface area contributed by atoms with E-state index < -0.39 is 11.7 Å². The third-order valence-electron chi connectivity index (χ3n) is 2.98. The van der Waals surface area contributed by atoms with E-state index in [9.17, 15) is 14.0 Å². The maximum atomic E-state index is 13.5. The average Bonchev–Trinajstić information content (AvgIpc) is 3.21. The number of amides is 2. The zero-order valence-corrected chi connectivity index (χ0v) is 12.5. The summed E-state index contributed by atoms with van der Waals surface area (Å²) < 4.78 is 14.1. The van der Waals surface area contributed by atoms with Gasteiger partial charge in [0.25, 0.3) is 5.91 Å². The van der Waals surface area contributed by atoms with Crippen LogP contribution < -0.4 is 10.6 Å². The quantitative estimate of drug-likeness (QED) is 0.780. The molecule has 0 bridgehead atoms. The highest BCUT2D eigenvalue weighted by Gasteiger charge is 2.22. The lowest BCUT2D eigenvalue weighted by molar-refractivity contribution is -0.121. The normalized spacial score (nSPS) is 13.9. The van der Waals surface area contributed by atoms with Crippen LogP contribution in [-0.2, 0) is 4.79 Å². The number of hydrogen-bond acceptors (Lipinski definition) is 2. The Balaban J connectivity index is 1.71. The summed E-state index contributed by atoms with van der Waals surface area (Å²) in [7, 11) is 0. The van der Waals surface area contributed by atoms with E-state index in [4.69, 9.17) is 0 Å². The van der Waals surface area contributed by atoms with Crippen LogP contribution in [0.15, 0.2) is 22.7 Å². The molecule has 1 aliphatic carbocycles. The molecule has 1 saturated carbocycles. The fourth-order valence-electron chi connectivity index (χ4n) is 1.75. The van der Waals surface area contributed by atoms with Gasteiger partial charge >= 0.3 is 0 Å². The van der Waals surface area contributed by atoms with Crippen LogP contribution in [0.1, 0.15) is 36.0 Å². The van der Waals surface area contributed by atoms with Gasteiger partial charge in [0.15, 0.2) is 0 Å². The minimum atomic E-state index is -0.558. The van der Waals surface area contributed by atoms with Crippen molar-refractivity contribution in [3.63, 3.8) is 0 Å². The van der Waals surface area contributed by atoms with Crippen molar-refractivity contribution in [3.05, 3.63) is 34.1 Å². The number of carbonyl (C=O) groups excluding carboxylic acids is 2. The van der Waals surface area contributed by atoms with Crippen molar-refractivity contribution < 1.29 is 14.0 Å². The Morgan fingerprint density at radius 2 is 2.10 bits per heavy atom. The van der Waals surface area contributed by atoms with Gasteiger partial charge in [-0.3, -0.25) is 9.59 Å². The van der Waals surface area contributed by atoms with Crippen LogP contribution in [0.2, 0.25) is 0 Å². The third kappa shape index (κ3) is 4.59. The van der Waals surface area contributed by atoms with Crippen LogP contribution in [0.4, 0.5) is 4.39 Å². The lowest BCUT2D eigenvalue weighted by Crippen LogP contribution is -2.28. The highest BCUT2D eigenvalue weighted by molar-refractivity contribution is 9.10. The lowest BCUT2D eigenvalue weighted by Gasteiger charge is -2.07. The van der Waals surface area contributed by atoms with E-state index >= 15 is 0 Å². The Hall–Kier alpha value is -1.43. The molecule has 1 aromatic rings. The molecule has 0 aliphatic heterocycles. The van der Waals surface area contributed by atoms with Crippen LogP contribution >= 0.6 is 15.9 Å². The van der Waals surface area contributed by atoms with Gasteiger partial charge in [0.05, 0.1) is 5.56 Å². The zero-order valence-electron chi connectivity index (χ0n) is 10.9. The van der Waals surface area contributed by atoms with Crippen LogP contribution in [0.25, 0.3) is 0 Å². The summed E-state index contributed by atoms with van der Waals surface area (Å²) in [4.78, 5) is 23.2. The van der Waals surface area contributed by atoms with Crippen LogP contribution in [0.3, 0.4) is 0 Å². The lowest BCUT2D eigenvalue weighted by atomic mass is 10.2. The van der Waals surface area contributed by atoms with Gasteiger partial charge < -0.3 is 10.6 Å². The van der Waals surface area contributed by atoms with Gasteiger partial charge in [-0.05, 0) is 37.5 Å². The van der Waals surface area contributed by atoms with Crippen LogP contribution in [-0.4, -0.2) is 24.4 Å². The SMILES string of the molecule is O=C(CCCNC(=O)c1cc(Br)ccc1F)NC1CC1. The van der Waals surface area contributed by atoms with Crippen LogP contribution in [0, 0.1) is 5.82 Å². The molecule has 0 radical (unpaired) electrons. The summed E-state index contributed by atoms with van der Waals surface area (Å²) in [5, 5.41) is 5.48.